The quantitative estimate of drug-likeness (QED) is 0.325. The Balaban J connectivity index is 2.03. The number of anilines is 1. The number of amides is 1. The molecule has 3 aromatic rings. The number of benzene rings is 2. The highest BCUT2D eigenvalue weighted by atomic mass is 35.5. The first-order valence-corrected chi connectivity index (χ1v) is 14.3. The SMILES string of the molecule is Cc1oc2c(NC(=O)c3c(Cl)ccc(O[Si](C(C)C)(C(C)C)C(C)C)c3Cl)cccc2c1C. The average Bonchev–Trinajstić information content (AvgIpc) is 3.02. The van der Waals surface area contributed by atoms with Crippen LogP contribution in [0.2, 0.25) is 26.7 Å². The smallest absolute Gasteiger partial charge is 0.258 e. The lowest BCUT2D eigenvalue weighted by Gasteiger charge is -2.42. The summed E-state index contributed by atoms with van der Waals surface area (Å²) in [4.78, 5) is 13.3. The predicted octanol–water partition coefficient (Wildman–Crippen LogP) is 9.16. The Morgan fingerprint density at radius 1 is 0.970 bits per heavy atom. The van der Waals surface area contributed by atoms with Crippen LogP contribution < -0.4 is 9.74 Å². The van der Waals surface area contributed by atoms with E-state index in [-0.39, 0.29) is 15.6 Å². The molecule has 0 radical (unpaired) electrons. The van der Waals surface area contributed by atoms with E-state index in [1.807, 2.05) is 26.0 Å². The fourth-order valence-corrected chi connectivity index (χ4v) is 10.9. The number of para-hydroxylation sites is 1. The molecule has 1 heterocycles. The zero-order chi connectivity index (χ0) is 24.7. The van der Waals surface area contributed by atoms with E-state index < -0.39 is 14.2 Å². The third-order valence-electron chi connectivity index (χ3n) is 6.73. The van der Waals surface area contributed by atoms with Crippen LogP contribution in [0.3, 0.4) is 0 Å². The van der Waals surface area contributed by atoms with E-state index in [2.05, 4.69) is 46.9 Å². The molecule has 0 bridgehead atoms. The van der Waals surface area contributed by atoms with E-state index >= 15 is 0 Å². The number of rotatable bonds is 7. The molecule has 178 valence electrons. The average molecular weight is 507 g/mol. The van der Waals surface area contributed by atoms with Gasteiger partial charge in [-0.15, -0.1) is 0 Å². The van der Waals surface area contributed by atoms with Crippen molar-refractivity contribution in [2.75, 3.05) is 5.32 Å². The number of hydrogen-bond donors (Lipinski definition) is 1. The van der Waals surface area contributed by atoms with E-state index in [1.54, 1.807) is 18.2 Å². The summed E-state index contributed by atoms with van der Waals surface area (Å²) < 4.78 is 12.6. The molecule has 0 atom stereocenters. The van der Waals surface area contributed by atoms with Crippen molar-refractivity contribution in [2.45, 2.75) is 72.0 Å². The summed E-state index contributed by atoms with van der Waals surface area (Å²) in [5.74, 6) is 0.924. The van der Waals surface area contributed by atoms with Crippen molar-refractivity contribution in [3.63, 3.8) is 0 Å². The Kier molecular flexibility index (Phi) is 7.57. The predicted molar refractivity (Wildman–Crippen MR) is 142 cm³/mol. The highest BCUT2D eigenvalue weighted by Crippen LogP contribution is 2.45. The van der Waals surface area contributed by atoms with Gasteiger partial charge < -0.3 is 14.2 Å². The van der Waals surface area contributed by atoms with Crippen molar-refractivity contribution in [3.05, 3.63) is 57.3 Å². The Bertz CT molecular complexity index is 1160. The van der Waals surface area contributed by atoms with Crippen LogP contribution in [-0.2, 0) is 0 Å². The highest BCUT2D eigenvalue weighted by Gasteiger charge is 2.47. The third-order valence-corrected chi connectivity index (χ3v) is 13.4. The largest absolute Gasteiger partial charge is 0.542 e. The summed E-state index contributed by atoms with van der Waals surface area (Å²) in [6, 6.07) is 9.12. The molecule has 3 rings (SSSR count). The standard InChI is InChI=1S/C26H33Cl2NO3Si/c1-14(2)33(15(3)4,16(5)6)32-22-13-12-20(27)23(24(22)28)26(30)29-21-11-9-10-19-17(7)18(8)31-25(19)21/h9-16H,1-8H3,(H,29,30). The van der Waals surface area contributed by atoms with E-state index in [1.165, 1.54) is 0 Å². The minimum atomic E-state index is -2.26. The molecule has 1 amide bonds. The van der Waals surface area contributed by atoms with Crippen molar-refractivity contribution in [2.24, 2.45) is 0 Å². The second kappa shape index (κ2) is 9.73. The van der Waals surface area contributed by atoms with Crippen molar-refractivity contribution >= 4 is 54.1 Å². The third kappa shape index (κ3) is 4.55. The summed E-state index contributed by atoms with van der Waals surface area (Å²) in [7, 11) is -2.26. The lowest BCUT2D eigenvalue weighted by molar-refractivity contribution is 0.102. The first-order valence-electron chi connectivity index (χ1n) is 11.4. The van der Waals surface area contributed by atoms with Gasteiger partial charge in [-0.25, -0.2) is 0 Å². The van der Waals surface area contributed by atoms with E-state index in [0.29, 0.717) is 33.6 Å². The second-order valence-electron chi connectivity index (χ2n) is 9.57. The van der Waals surface area contributed by atoms with Crippen LogP contribution in [0.25, 0.3) is 11.0 Å². The zero-order valence-corrected chi connectivity index (χ0v) is 23.1. The summed E-state index contributed by atoms with van der Waals surface area (Å²) in [6.07, 6.45) is 0. The van der Waals surface area contributed by atoms with Gasteiger partial charge >= 0.3 is 0 Å². The minimum Gasteiger partial charge on any atom is -0.542 e. The normalized spacial score (nSPS) is 12.3. The summed E-state index contributed by atoms with van der Waals surface area (Å²) >= 11 is 13.2. The second-order valence-corrected chi connectivity index (χ2v) is 15.7. The maximum Gasteiger partial charge on any atom is 0.258 e. The molecule has 1 N–H and O–H groups in total. The van der Waals surface area contributed by atoms with Crippen molar-refractivity contribution in [1.29, 1.82) is 0 Å². The Labute approximate surface area is 207 Å². The molecule has 0 spiro atoms. The molecule has 33 heavy (non-hydrogen) atoms. The maximum atomic E-state index is 13.3. The number of fused-ring (bicyclic) bond motifs is 1. The van der Waals surface area contributed by atoms with Crippen LogP contribution in [-0.4, -0.2) is 14.2 Å². The van der Waals surface area contributed by atoms with Crippen molar-refractivity contribution in [1.82, 2.24) is 0 Å². The van der Waals surface area contributed by atoms with Gasteiger partial charge in [0.1, 0.15) is 11.5 Å². The molecule has 0 saturated heterocycles. The van der Waals surface area contributed by atoms with Crippen LogP contribution in [0.1, 0.15) is 63.2 Å². The highest BCUT2D eigenvalue weighted by molar-refractivity contribution is 6.78. The lowest BCUT2D eigenvalue weighted by Crippen LogP contribution is -2.50. The number of aryl methyl sites for hydroxylation is 2. The van der Waals surface area contributed by atoms with Gasteiger partial charge in [-0.1, -0.05) is 76.9 Å². The first-order chi connectivity index (χ1) is 15.4. The van der Waals surface area contributed by atoms with Crippen molar-refractivity contribution in [3.8, 4) is 5.75 Å². The van der Waals surface area contributed by atoms with E-state index in [4.69, 9.17) is 32.0 Å². The van der Waals surface area contributed by atoms with Crippen LogP contribution in [0.4, 0.5) is 5.69 Å². The van der Waals surface area contributed by atoms with Crippen LogP contribution in [0.5, 0.6) is 5.75 Å². The molecular formula is C26H33Cl2NO3Si. The number of halogens is 2. The van der Waals surface area contributed by atoms with Gasteiger partial charge in [-0.3, -0.25) is 4.79 Å². The minimum absolute atomic E-state index is 0.201. The molecule has 1 aromatic heterocycles. The lowest BCUT2D eigenvalue weighted by atomic mass is 10.1. The topological polar surface area (TPSA) is 51.5 Å². The monoisotopic (exact) mass is 505 g/mol. The molecule has 7 heteroatoms. The molecule has 2 aromatic carbocycles. The van der Waals surface area contributed by atoms with Gasteiger partial charge in [-0.05, 0) is 54.2 Å². The Hall–Kier alpha value is -1.95. The number of hydrogen-bond acceptors (Lipinski definition) is 3. The van der Waals surface area contributed by atoms with Crippen LogP contribution in [0, 0.1) is 13.8 Å². The van der Waals surface area contributed by atoms with Crippen LogP contribution >= 0.6 is 23.2 Å². The van der Waals surface area contributed by atoms with Gasteiger partial charge in [0.25, 0.3) is 14.2 Å². The van der Waals surface area contributed by atoms with Gasteiger partial charge in [-0.2, -0.15) is 0 Å². The van der Waals surface area contributed by atoms with E-state index in [0.717, 1.165) is 16.7 Å². The Morgan fingerprint density at radius 2 is 1.58 bits per heavy atom. The van der Waals surface area contributed by atoms with Gasteiger partial charge in [0.05, 0.1) is 21.3 Å². The molecule has 0 unspecified atom stereocenters. The maximum absolute atomic E-state index is 13.3. The molecule has 0 aliphatic carbocycles. The summed E-state index contributed by atoms with van der Waals surface area (Å²) in [6.45, 7) is 17.1. The zero-order valence-electron chi connectivity index (χ0n) is 20.6. The molecule has 0 aliphatic rings. The van der Waals surface area contributed by atoms with Crippen LogP contribution in [0.15, 0.2) is 34.7 Å². The molecule has 0 aliphatic heterocycles. The number of nitrogens with one attached hydrogen (secondary N) is 1. The number of carbonyl (C=O) groups excluding carboxylic acids is 1. The number of furan rings is 1. The number of carbonyl (C=O) groups is 1. The first kappa shape index (κ1) is 25.7. The Morgan fingerprint density at radius 3 is 2.15 bits per heavy atom. The fourth-order valence-electron chi connectivity index (χ4n) is 5.01. The fraction of sp³-hybridized carbons (Fsp3) is 0.423. The van der Waals surface area contributed by atoms with Gasteiger partial charge in [0.15, 0.2) is 5.58 Å². The molecule has 4 nitrogen and oxygen atoms in total. The van der Waals surface area contributed by atoms with E-state index in [9.17, 15) is 4.79 Å². The summed E-state index contributed by atoms with van der Waals surface area (Å²) in [5, 5.41) is 4.40. The van der Waals surface area contributed by atoms with Gasteiger partial charge in [0.2, 0.25) is 0 Å². The molecular weight excluding hydrogens is 473 g/mol. The molecule has 0 saturated carbocycles. The van der Waals surface area contributed by atoms with Crippen molar-refractivity contribution < 1.29 is 13.6 Å². The van der Waals surface area contributed by atoms with Gasteiger partial charge in [0, 0.05) is 5.39 Å². The molecule has 0 fully saturated rings. The summed E-state index contributed by atoms with van der Waals surface area (Å²) in [5.41, 5.74) is 3.55.